The molecule has 120 valence electrons. The first-order chi connectivity index (χ1) is 11.4. The highest BCUT2D eigenvalue weighted by Crippen LogP contribution is 2.30. The van der Waals surface area contributed by atoms with Gasteiger partial charge in [-0.3, -0.25) is 0 Å². The maximum atomic E-state index is 5.46. The topological polar surface area (TPSA) is 47.0 Å². The van der Waals surface area contributed by atoms with Gasteiger partial charge in [-0.2, -0.15) is 0 Å². The number of benzene rings is 1. The van der Waals surface area contributed by atoms with Crippen LogP contribution in [0.4, 0.5) is 0 Å². The molecule has 4 nitrogen and oxygen atoms in total. The third-order valence-electron chi connectivity index (χ3n) is 4.87. The van der Waals surface area contributed by atoms with Gasteiger partial charge in [0.2, 0.25) is 0 Å². The van der Waals surface area contributed by atoms with Crippen molar-refractivity contribution in [2.75, 3.05) is 13.2 Å². The number of nitrogens with zero attached hydrogens (tertiary/aromatic N) is 2. The summed E-state index contributed by atoms with van der Waals surface area (Å²) in [6, 6.07) is 11.2. The quantitative estimate of drug-likeness (QED) is 0.945. The summed E-state index contributed by atoms with van der Waals surface area (Å²) in [5, 5.41) is 3.81. The van der Waals surface area contributed by atoms with Crippen LogP contribution >= 0.6 is 0 Å². The lowest BCUT2D eigenvalue weighted by atomic mass is 9.91. The predicted molar refractivity (Wildman–Crippen MR) is 90.1 cm³/mol. The van der Waals surface area contributed by atoms with Crippen molar-refractivity contribution < 1.29 is 4.74 Å². The largest absolute Gasteiger partial charge is 0.381 e. The van der Waals surface area contributed by atoms with Crippen LogP contribution in [0.3, 0.4) is 0 Å². The van der Waals surface area contributed by atoms with Gasteiger partial charge in [0.1, 0.15) is 0 Å². The van der Waals surface area contributed by atoms with E-state index in [0.717, 1.165) is 43.9 Å². The van der Waals surface area contributed by atoms with Crippen molar-refractivity contribution in [2.45, 2.75) is 44.2 Å². The van der Waals surface area contributed by atoms with Crippen molar-refractivity contribution in [3.8, 4) is 11.4 Å². The fraction of sp³-hybridized carbons (Fsp3) is 0.474. The SMILES string of the molecule is c1ccc(-c2ncc3c(n2)CCC[C@@H]3NC2CCOCC2)cc1. The molecule has 4 rings (SSSR count). The number of hydrogen-bond donors (Lipinski definition) is 1. The van der Waals surface area contributed by atoms with Gasteiger partial charge in [0.05, 0.1) is 0 Å². The van der Waals surface area contributed by atoms with Gasteiger partial charge in [-0.15, -0.1) is 0 Å². The average molecular weight is 309 g/mol. The highest BCUT2D eigenvalue weighted by molar-refractivity contribution is 5.55. The Hall–Kier alpha value is -1.78. The first kappa shape index (κ1) is 14.8. The number of fused-ring (bicyclic) bond motifs is 1. The Labute approximate surface area is 137 Å². The molecule has 0 radical (unpaired) electrons. The summed E-state index contributed by atoms with van der Waals surface area (Å²) in [4.78, 5) is 9.48. The molecule has 1 fully saturated rings. The molecule has 23 heavy (non-hydrogen) atoms. The minimum atomic E-state index is 0.395. The van der Waals surface area contributed by atoms with Crippen LogP contribution < -0.4 is 5.32 Å². The summed E-state index contributed by atoms with van der Waals surface area (Å²) in [6.07, 6.45) is 7.69. The predicted octanol–water partition coefficient (Wildman–Crippen LogP) is 3.29. The van der Waals surface area contributed by atoms with Gasteiger partial charge in [-0.25, -0.2) is 9.97 Å². The number of aromatic nitrogens is 2. The van der Waals surface area contributed by atoms with Gasteiger partial charge >= 0.3 is 0 Å². The van der Waals surface area contributed by atoms with E-state index in [9.17, 15) is 0 Å². The standard InChI is InChI=1S/C19H23N3O/c1-2-5-14(6-3-1)19-20-13-16-17(7-4-8-18(16)22-19)21-15-9-11-23-12-10-15/h1-3,5-6,13,15,17,21H,4,7-12H2/t17-/m0/s1. The summed E-state index contributed by atoms with van der Waals surface area (Å²) in [6.45, 7) is 1.75. The van der Waals surface area contributed by atoms with Crippen LogP contribution in [0.5, 0.6) is 0 Å². The maximum absolute atomic E-state index is 5.46. The van der Waals surface area contributed by atoms with Crippen LogP contribution in [0.15, 0.2) is 36.5 Å². The van der Waals surface area contributed by atoms with Crippen molar-refractivity contribution in [3.63, 3.8) is 0 Å². The Balaban J connectivity index is 1.56. The monoisotopic (exact) mass is 309 g/mol. The van der Waals surface area contributed by atoms with Crippen LogP contribution in [0.2, 0.25) is 0 Å². The van der Waals surface area contributed by atoms with E-state index in [0.29, 0.717) is 12.1 Å². The highest BCUT2D eigenvalue weighted by Gasteiger charge is 2.25. The number of aryl methyl sites for hydroxylation is 1. The van der Waals surface area contributed by atoms with Crippen molar-refractivity contribution in [2.24, 2.45) is 0 Å². The summed E-state index contributed by atoms with van der Waals surface area (Å²) in [5.41, 5.74) is 3.60. The average Bonchev–Trinajstić information content (AvgIpc) is 2.63. The molecule has 1 N–H and O–H groups in total. The Morgan fingerprint density at radius 3 is 2.70 bits per heavy atom. The van der Waals surface area contributed by atoms with Gasteiger partial charge < -0.3 is 10.1 Å². The second kappa shape index (κ2) is 6.77. The number of rotatable bonds is 3. The van der Waals surface area contributed by atoms with Gasteiger partial charge in [0.15, 0.2) is 5.82 Å². The lowest BCUT2D eigenvalue weighted by molar-refractivity contribution is 0.0741. The lowest BCUT2D eigenvalue weighted by Gasteiger charge is -2.31. The molecular weight excluding hydrogens is 286 g/mol. The molecule has 4 heteroatoms. The third-order valence-corrected chi connectivity index (χ3v) is 4.87. The van der Waals surface area contributed by atoms with Gasteiger partial charge in [-0.1, -0.05) is 30.3 Å². The summed E-state index contributed by atoms with van der Waals surface area (Å²) >= 11 is 0. The fourth-order valence-electron chi connectivity index (χ4n) is 3.60. The molecule has 1 aromatic carbocycles. The number of ether oxygens (including phenoxy) is 1. The van der Waals surface area contributed by atoms with E-state index in [-0.39, 0.29) is 0 Å². The van der Waals surface area contributed by atoms with Crippen molar-refractivity contribution >= 4 is 0 Å². The molecule has 0 bridgehead atoms. The molecule has 0 unspecified atom stereocenters. The zero-order valence-electron chi connectivity index (χ0n) is 13.4. The van der Waals surface area contributed by atoms with Crippen LogP contribution in [0.1, 0.15) is 43.0 Å². The van der Waals surface area contributed by atoms with Gasteiger partial charge in [0, 0.05) is 48.3 Å². The molecule has 1 saturated heterocycles. The summed E-state index contributed by atoms with van der Waals surface area (Å²) < 4.78 is 5.46. The van der Waals surface area contributed by atoms with Crippen LogP contribution in [-0.4, -0.2) is 29.2 Å². The first-order valence-corrected chi connectivity index (χ1v) is 8.65. The minimum absolute atomic E-state index is 0.395. The molecule has 0 saturated carbocycles. The fourth-order valence-corrected chi connectivity index (χ4v) is 3.60. The molecule has 0 spiro atoms. The zero-order valence-corrected chi connectivity index (χ0v) is 13.4. The second-order valence-electron chi connectivity index (χ2n) is 6.46. The van der Waals surface area contributed by atoms with E-state index in [1.807, 2.05) is 24.4 Å². The van der Waals surface area contributed by atoms with Gasteiger partial charge in [-0.05, 0) is 32.1 Å². The smallest absolute Gasteiger partial charge is 0.159 e. The second-order valence-corrected chi connectivity index (χ2v) is 6.46. The molecule has 2 aromatic rings. The Morgan fingerprint density at radius 2 is 1.87 bits per heavy atom. The minimum Gasteiger partial charge on any atom is -0.381 e. The van der Waals surface area contributed by atoms with Crippen molar-refractivity contribution in [1.29, 1.82) is 0 Å². The molecule has 1 aromatic heterocycles. The van der Waals surface area contributed by atoms with E-state index in [1.165, 1.54) is 24.1 Å². The van der Waals surface area contributed by atoms with Crippen LogP contribution in [0.25, 0.3) is 11.4 Å². The number of nitrogens with one attached hydrogen (secondary N) is 1. The van der Waals surface area contributed by atoms with Crippen LogP contribution in [0, 0.1) is 0 Å². The van der Waals surface area contributed by atoms with E-state index in [2.05, 4.69) is 22.4 Å². The maximum Gasteiger partial charge on any atom is 0.159 e. The Kier molecular flexibility index (Phi) is 4.35. The van der Waals surface area contributed by atoms with E-state index >= 15 is 0 Å². The summed E-state index contributed by atoms with van der Waals surface area (Å²) in [7, 11) is 0. The molecule has 1 aliphatic heterocycles. The van der Waals surface area contributed by atoms with Crippen LogP contribution in [-0.2, 0) is 11.2 Å². The molecular formula is C19H23N3O. The zero-order chi connectivity index (χ0) is 15.5. The number of hydrogen-bond acceptors (Lipinski definition) is 4. The van der Waals surface area contributed by atoms with E-state index in [1.54, 1.807) is 0 Å². The molecule has 1 atom stereocenters. The summed E-state index contributed by atoms with van der Waals surface area (Å²) in [5.74, 6) is 0.844. The Bertz CT molecular complexity index is 653. The lowest BCUT2D eigenvalue weighted by Crippen LogP contribution is -2.38. The molecule has 2 heterocycles. The van der Waals surface area contributed by atoms with Crippen molar-refractivity contribution in [3.05, 3.63) is 47.8 Å². The third kappa shape index (κ3) is 3.28. The molecule has 1 aliphatic carbocycles. The highest BCUT2D eigenvalue weighted by atomic mass is 16.5. The van der Waals surface area contributed by atoms with Crippen molar-refractivity contribution in [1.82, 2.24) is 15.3 Å². The molecule has 2 aliphatic rings. The van der Waals surface area contributed by atoms with Gasteiger partial charge in [0.25, 0.3) is 0 Å². The Morgan fingerprint density at radius 1 is 1.04 bits per heavy atom. The van der Waals surface area contributed by atoms with E-state index in [4.69, 9.17) is 9.72 Å². The first-order valence-electron chi connectivity index (χ1n) is 8.65. The van der Waals surface area contributed by atoms with E-state index < -0.39 is 0 Å². The molecule has 0 amide bonds. The normalized spacial score (nSPS) is 21.8.